The van der Waals surface area contributed by atoms with Crippen molar-refractivity contribution in [3.8, 4) is 0 Å². The fraction of sp³-hybridized carbons (Fsp3) is 0.562. The predicted octanol–water partition coefficient (Wildman–Crippen LogP) is 1.73. The highest BCUT2D eigenvalue weighted by molar-refractivity contribution is 5.97. The Morgan fingerprint density at radius 3 is 2.76 bits per heavy atom. The van der Waals surface area contributed by atoms with Gasteiger partial charge in [0.1, 0.15) is 6.10 Å². The molecule has 0 spiro atoms. The molecule has 2 atom stereocenters. The molecule has 5 heteroatoms. The van der Waals surface area contributed by atoms with Crippen LogP contribution in [0.2, 0.25) is 0 Å². The second-order valence-corrected chi connectivity index (χ2v) is 5.76. The van der Waals surface area contributed by atoms with E-state index in [4.69, 9.17) is 10.5 Å². The molecule has 0 aliphatic carbocycles. The molecule has 5 nitrogen and oxygen atoms in total. The summed E-state index contributed by atoms with van der Waals surface area (Å²) in [6.45, 7) is 2.60. The monoisotopic (exact) mass is 289 g/mol. The average molecular weight is 289 g/mol. The summed E-state index contributed by atoms with van der Waals surface area (Å²) >= 11 is 0. The largest absolute Gasteiger partial charge is 0.370 e. The Morgan fingerprint density at radius 2 is 2.05 bits per heavy atom. The molecule has 2 saturated heterocycles. The summed E-state index contributed by atoms with van der Waals surface area (Å²) in [6.07, 6.45) is 3.69. The average Bonchev–Trinajstić information content (AvgIpc) is 3.19. The van der Waals surface area contributed by atoms with Crippen molar-refractivity contribution >= 4 is 17.3 Å². The Bertz CT molecular complexity index is 500. The molecule has 2 aliphatic rings. The fourth-order valence-electron chi connectivity index (χ4n) is 3.10. The number of hydrogen-bond acceptors (Lipinski definition) is 4. The normalized spacial score (nSPS) is 25.3. The molecule has 21 heavy (non-hydrogen) atoms. The van der Waals surface area contributed by atoms with E-state index in [1.807, 2.05) is 18.2 Å². The number of carbonyl (C=O) groups is 1. The van der Waals surface area contributed by atoms with Crippen molar-refractivity contribution in [3.63, 3.8) is 0 Å². The van der Waals surface area contributed by atoms with Crippen molar-refractivity contribution in [3.05, 3.63) is 24.3 Å². The Kier molecular flexibility index (Phi) is 4.41. The maximum absolute atomic E-state index is 12.3. The molecule has 1 aromatic carbocycles. The van der Waals surface area contributed by atoms with E-state index in [0.717, 1.165) is 37.3 Å². The van der Waals surface area contributed by atoms with Crippen LogP contribution >= 0.6 is 0 Å². The van der Waals surface area contributed by atoms with Crippen LogP contribution in [-0.2, 0) is 9.53 Å². The number of ether oxygens (including phenoxy) is 1. The molecule has 2 fully saturated rings. The highest BCUT2D eigenvalue weighted by Gasteiger charge is 2.30. The minimum Gasteiger partial charge on any atom is -0.370 e. The molecule has 2 aliphatic heterocycles. The van der Waals surface area contributed by atoms with Crippen LogP contribution < -0.4 is 16.0 Å². The van der Waals surface area contributed by atoms with Crippen LogP contribution in [0.5, 0.6) is 0 Å². The third-order valence-electron chi connectivity index (χ3n) is 4.27. The van der Waals surface area contributed by atoms with Gasteiger partial charge in [0, 0.05) is 19.6 Å². The molecule has 0 bridgehead atoms. The van der Waals surface area contributed by atoms with Gasteiger partial charge in [-0.2, -0.15) is 0 Å². The molecule has 2 heterocycles. The standard InChI is InChI=1S/C16H23N3O2/c17-11-12-7-8-15(21-12)16(20)18-13-5-1-2-6-14(13)19-9-3-4-10-19/h1-2,5-6,12,15H,3-4,7-11,17H2,(H,18,20). The fourth-order valence-corrected chi connectivity index (χ4v) is 3.10. The molecule has 1 aromatic rings. The number of carbonyl (C=O) groups excluding carboxylic acids is 1. The zero-order chi connectivity index (χ0) is 14.7. The van der Waals surface area contributed by atoms with E-state index < -0.39 is 0 Å². The van der Waals surface area contributed by atoms with Gasteiger partial charge in [0.25, 0.3) is 5.91 Å². The smallest absolute Gasteiger partial charge is 0.253 e. The van der Waals surface area contributed by atoms with Crippen molar-refractivity contribution < 1.29 is 9.53 Å². The maximum Gasteiger partial charge on any atom is 0.253 e. The topological polar surface area (TPSA) is 67.6 Å². The molecule has 2 unspecified atom stereocenters. The molecular weight excluding hydrogens is 266 g/mol. The van der Waals surface area contributed by atoms with Crippen molar-refractivity contribution in [1.82, 2.24) is 0 Å². The van der Waals surface area contributed by atoms with Crippen molar-refractivity contribution in [2.75, 3.05) is 29.9 Å². The summed E-state index contributed by atoms with van der Waals surface area (Å²) in [5.41, 5.74) is 7.58. The Morgan fingerprint density at radius 1 is 1.29 bits per heavy atom. The molecule has 114 valence electrons. The predicted molar refractivity (Wildman–Crippen MR) is 83.5 cm³/mol. The van der Waals surface area contributed by atoms with E-state index in [2.05, 4.69) is 16.3 Å². The molecule has 3 rings (SSSR count). The summed E-state index contributed by atoms with van der Waals surface area (Å²) < 4.78 is 5.66. The summed E-state index contributed by atoms with van der Waals surface area (Å²) in [5.74, 6) is -0.0578. The molecular formula is C16H23N3O2. The van der Waals surface area contributed by atoms with Crippen molar-refractivity contribution in [2.45, 2.75) is 37.9 Å². The number of anilines is 2. The number of hydrogen-bond donors (Lipinski definition) is 2. The van der Waals surface area contributed by atoms with Gasteiger partial charge in [0.05, 0.1) is 17.5 Å². The van der Waals surface area contributed by atoms with Crippen LogP contribution in [-0.4, -0.2) is 37.7 Å². The van der Waals surface area contributed by atoms with Crippen LogP contribution in [0.4, 0.5) is 11.4 Å². The SMILES string of the molecule is NCC1CCC(C(=O)Nc2ccccc2N2CCCC2)O1. The lowest BCUT2D eigenvalue weighted by atomic mass is 10.2. The van der Waals surface area contributed by atoms with E-state index in [1.54, 1.807) is 0 Å². The quantitative estimate of drug-likeness (QED) is 0.886. The van der Waals surface area contributed by atoms with Crippen LogP contribution in [0.3, 0.4) is 0 Å². The van der Waals surface area contributed by atoms with E-state index >= 15 is 0 Å². The summed E-state index contributed by atoms with van der Waals surface area (Å²) in [6, 6.07) is 7.99. The first kappa shape index (κ1) is 14.4. The van der Waals surface area contributed by atoms with Crippen LogP contribution in [0.1, 0.15) is 25.7 Å². The van der Waals surface area contributed by atoms with Crippen LogP contribution in [0.25, 0.3) is 0 Å². The minimum absolute atomic E-state index is 0.0228. The highest BCUT2D eigenvalue weighted by Crippen LogP contribution is 2.29. The zero-order valence-corrected chi connectivity index (χ0v) is 12.3. The highest BCUT2D eigenvalue weighted by atomic mass is 16.5. The van der Waals surface area contributed by atoms with Gasteiger partial charge < -0.3 is 20.7 Å². The first-order chi connectivity index (χ1) is 10.3. The van der Waals surface area contributed by atoms with Crippen LogP contribution in [0.15, 0.2) is 24.3 Å². The molecule has 3 N–H and O–H groups in total. The lowest BCUT2D eigenvalue weighted by Crippen LogP contribution is -2.30. The van der Waals surface area contributed by atoms with E-state index in [0.29, 0.717) is 6.54 Å². The Balaban J connectivity index is 1.68. The van der Waals surface area contributed by atoms with Crippen LogP contribution in [0, 0.1) is 0 Å². The number of amides is 1. The Labute approximate surface area is 125 Å². The van der Waals surface area contributed by atoms with Gasteiger partial charge in [-0.15, -0.1) is 0 Å². The summed E-state index contributed by atoms with van der Waals surface area (Å²) in [4.78, 5) is 14.7. The summed E-state index contributed by atoms with van der Waals surface area (Å²) in [7, 11) is 0. The lowest BCUT2D eigenvalue weighted by Gasteiger charge is -2.22. The number of nitrogens with one attached hydrogen (secondary N) is 1. The number of nitrogens with two attached hydrogens (primary N) is 1. The van der Waals surface area contributed by atoms with Crippen molar-refractivity contribution in [2.24, 2.45) is 5.73 Å². The Hall–Kier alpha value is -1.59. The first-order valence-corrected chi connectivity index (χ1v) is 7.78. The second kappa shape index (κ2) is 6.45. The number of rotatable bonds is 4. The van der Waals surface area contributed by atoms with E-state index in [1.165, 1.54) is 12.8 Å². The van der Waals surface area contributed by atoms with Gasteiger partial charge in [-0.05, 0) is 37.8 Å². The number of benzene rings is 1. The number of nitrogens with zero attached hydrogens (tertiary/aromatic N) is 1. The minimum atomic E-state index is -0.370. The summed E-state index contributed by atoms with van der Waals surface area (Å²) in [5, 5.41) is 3.03. The van der Waals surface area contributed by atoms with Gasteiger partial charge >= 0.3 is 0 Å². The zero-order valence-electron chi connectivity index (χ0n) is 12.3. The molecule has 0 saturated carbocycles. The van der Waals surface area contributed by atoms with Gasteiger partial charge in [0.2, 0.25) is 0 Å². The van der Waals surface area contributed by atoms with Crippen molar-refractivity contribution in [1.29, 1.82) is 0 Å². The van der Waals surface area contributed by atoms with Gasteiger partial charge in [-0.25, -0.2) is 0 Å². The van der Waals surface area contributed by atoms with Gasteiger partial charge in [0.15, 0.2) is 0 Å². The molecule has 0 aromatic heterocycles. The molecule has 0 radical (unpaired) electrons. The maximum atomic E-state index is 12.3. The number of para-hydroxylation sites is 2. The third kappa shape index (κ3) is 3.19. The second-order valence-electron chi connectivity index (χ2n) is 5.76. The lowest BCUT2D eigenvalue weighted by molar-refractivity contribution is -0.126. The van der Waals surface area contributed by atoms with Gasteiger partial charge in [-0.1, -0.05) is 12.1 Å². The van der Waals surface area contributed by atoms with E-state index in [-0.39, 0.29) is 18.1 Å². The van der Waals surface area contributed by atoms with E-state index in [9.17, 15) is 4.79 Å². The molecule has 1 amide bonds. The van der Waals surface area contributed by atoms with Gasteiger partial charge in [-0.3, -0.25) is 4.79 Å². The first-order valence-electron chi connectivity index (χ1n) is 7.78. The third-order valence-corrected chi connectivity index (χ3v) is 4.27.